The minimum atomic E-state index is -0.485. The van der Waals surface area contributed by atoms with Gasteiger partial charge in [-0.15, -0.1) is 0 Å². The predicted molar refractivity (Wildman–Crippen MR) is 125 cm³/mol. The van der Waals surface area contributed by atoms with Gasteiger partial charge < -0.3 is 10.2 Å². The second-order valence-corrected chi connectivity index (χ2v) is 8.77. The van der Waals surface area contributed by atoms with Gasteiger partial charge in [0.15, 0.2) is 0 Å². The molecule has 2 atom stereocenters. The zero-order chi connectivity index (χ0) is 23.8. The van der Waals surface area contributed by atoms with Crippen molar-refractivity contribution in [3.8, 4) is 0 Å². The number of benzene rings is 3. The summed E-state index contributed by atoms with van der Waals surface area (Å²) >= 11 is 0. The van der Waals surface area contributed by atoms with Crippen molar-refractivity contribution in [1.29, 1.82) is 0 Å². The first-order valence-corrected chi connectivity index (χ1v) is 11.1. The Morgan fingerprint density at radius 2 is 1.82 bits per heavy atom. The number of aryl methyl sites for hydroxylation is 1. The van der Waals surface area contributed by atoms with Crippen molar-refractivity contribution in [1.82, 2.24) is 10.4 Å². The van der Waals surface area contributed by atoms with Gasteiger partial charge in [-0.2, -0.15) is 0 Å². The lowest BCUT2D eigenvalue weighted by Gasteiger charge is -2.36. The summed E-state index contributed by atoms with van der Waals surface area (Å²) in [5.41, 5.74) is 7.14. The van der Waals surface area contributed by atoms with Crippen LogP contribution in [-0.2, 0) is 16.1 Å². The summed E-state index contributed by atoms with van der Waals surface area (Å²) in [5.74, 6) is -1.75. The van der Waals surface area contributed by atoms with Crippen LogP contribution >= 0.6 is 0 Å². The first-order chi connectivity index (χ1) is 16.4. The van der Waals surface area contributed by atoms with Gasteiger partial charge in [-0.25, -0.2) is 14.2 Å². The van der Waals surface area contributed by atoms with Crippen LogP contribution in [0.5, 0.6) is 0 Å². The molecule has 0 saturated carbocycles. The van der Waals surface area contributed by atoms with Crippen molar-refractivity contribution in [2.45, 2.75) is 19.5 Å². The first-order valence-electron chi connectivity index (χ1n) is 11.1. The monoisotopic (exact) mass is 462 g/mol. The Hall–Kier alpha value is -3.78. The number of rotatable bonds is 5. The van der Waals surface area contributed by atoms with E-state index >= 15 is 0 Å². The molecule has 0 radical (unpaired) electrons. The fourth-order valence-electron chi connectivity index (χ4n) is 4.68. The first kappa shape index (κ1) is 22.0. The van der Waals surface area contributed by atoms with E-state index in [1.165, 1.54) is 29.3 Å². The molecule has 2 heterocycles. The fourth-order valence-corrected chi connectivity index (χ4v) is 4.68. The van der Waals surface area contributed by atoms with Crippen molar-refractivity contribution < 1.29 is 18.4 Å². The van der Waals surface area contributed by atoms with Crippen LogP contribution in [0.2, 0.25) is 0 Å². The number of halogens is 2. The molecule has 8 heteroatoms. The largest absolute Gasteiger partial charge is 0.366 e. The lowest BCUT2D eigenvalue weighted by molar-refractivity contribution is -0.135. The molecule has 2 unspecified atom stereocenters. The Balaban J connectivity index is 1.36. The number of carbonyl (C=O) groups is 2. The zero-order valence-electron chi connectivity index (χ0n) is 18.6. The van der Waals surface area contributed by atoms with E-state index in [4.69, 9.17) is 0 Å². The van der Waals surface area contributed by atoms with Gasteiger partial charge in [0.05, 0.1) is 12.0 Å². The smallest absolute Gasteiger partial charge is 0.245 e. The topological polar surface area (TPSA) is 64.7 Å². The summed E-state index contributed by atoms with van der Waals surface area (Å²) in [6.45, 7) is 2.61. The average Bonchev–Trinajstić information content (AvgIpc) is 3.10. The number of anilines is 2. The Morgan fingerprint density at radius 3 is 2.59 bits per heavy atom. The van der Waals surface area contributed by atoms with Gasteiger partial charge in [-0.3, -0.25) is 14.6 Å². The lowest BCUT2D eigenvalue weighted by atomic mass is 9.88. The van der Waals surface area contributed by atoms with Crippen LogP contribution in [0.4, 0.5) is 20.2 Å². The molecule has 0 aliphatic carbocycles. The molecule has 34 heavy (non-hydrogen) atoms. The molecule has 2 N–H and O–H groups in total. The van der Waals surface area contributed by atoms with Crippen LogP contribution < -0.4 is 15.6 Å². The average molecular weight is 463 g/mol. The maximum Gasteiger partial charge on any atom is 0.245 e. The SMILES string of the molecule is Cc1cccc(NC(=O)CN2NC3c4cc(F)ccc4N(Cc4ccc(F)cc4)CC3C2=O)c1. The van der Waals surface area contributed by atoms with Gasteiger partial charge >= 0.3 is 0 Å². The summed E-state index contributed by atoms with van der Waals surface area (Å²) in [6.07, 6.45) is 0. The second-order valence-electron chi connectivity index (χ2n) is 8.77. The quantitative estimate of drug-likeness (QED) is 0.603. The number of hydrazine groups is 1. The minimum Gasteiger partial charge on any atom is -0.366 e. The highest BCUT2D eigenvalue weighted by atomic mass is 19.1. The maximum absolute atomic E-state index is 14.2. The van der Waals surface area contributed by atoms with E-state index in [1.807, 2.05) is 30.0 Å². The maximum atomic E-state index is 14.2. The molecule has 5 rings (SSSR count). The number of fused-ring (bicyclic) bond motifs is 3. The van der Waals surface area contributed by atoms with Crippen LogP contribution in [0.25, 0.3) is 0 Å². The Bertz CT molecular complexity index is 1250. The molecule has 0 aromatic heterocycles. The van der Waals surface area contributed by atoms with Crippen molar-refractivity contribution in [2.75, 3.05) is 23.3 Å². The fraction of sp³-hybridized carbons (Fsp3) is 0.231. The minimum absolute atomic E-state index is 0.164. The summed E-state index contributed by atoms with van der Waals surface area (Å²) in [5, 5.41) is 4.13. The van der Waals surface area contributed by atoms with E-state index in [1.54, 1.807) is 24.3 Å². The van der Waals surface area contributed by atoms with Crippen molar-refractivity contribution in [2.24, 2.45) is 5.92 Å². The van der Waals surface area contributed by atoms with E-state index in [0.29, 0.717) is 24.3 Å². The van der Waals surface area contributed by atoms with Gasteiger partial charge in [0.2, 0.25) is 11.8 Å². The highest BCUT2D eigenvalue weighted by Gasteiger charge is 2.46. The van der Waals surface area contributed by atoms with Gasteiger partial charge in [0.25, 0.3) is 0 Å². The summed E-state index contributed by atoms with van der Waals surface area (Å²) in [6, 6.07) is 17.7. The van der Waals surface area contributed by atoms with E-state index < -0.39 is 17.8 Å². The number of amides is 2. The number of nitrogens with zero attached hydrogens (tertiary/aromatic N) is 2. The summed E-state index contributed by atoms with van der Waals surface area (Å²) in [4.78, 5) is 27.8. The molecular formula is C26H24F2N4O2. The van der Waals surface area contributed by atoms with Crippen LogP contribution in [0.1, 0.15) is 22.7 Å². The Kier molecular flexibility index (Phi) is 5.75. The summed E-state index contributed by atoms with van der Waals surface area (Å²) < 4.78 is 27.5. The van der Waals surface area contributed by atoms with Crippen LogP contribution in [-0.4, -0.2) is 29.9 Å². The number of carbonyl (C=O) groups excluding carboxylic acids is 2. The van der Waals surface area contributed by atoms with E-state index in [-0.39, 0.29) is 24.2 Å². The molecule has 3 aromatic carbocycles. The third-order valence-electron chi connectivity index (χ3n) is 6.25. The van der Waals surface area contributed by atoms with Gasteiger partial charge in [-0.05, 0) is 66.1 Å². The van der Waals surface area contributed by atoms with E-state index in [2.05, 4.69) is 10.7 Å². The van der Waals surface area contributed by atoms with Crippen molar-refractivity contribution in [3.05, 3.63) is 95.1 Å². The molecule has 174 valence electrons. The van der Waals surface area contributed by atoms with E-state index in [0.717, 1.165) is 16.8 Å². The Morgan fingerprint density at radius 1 is 1.06 bits per heavy atom. The van der Waals surface area contributed by atoms with Crippen LogP contribution in [0.3, 0.4) is 0 Å². The third-order valence-corrected chi connectivity index (χ3v) is 6.25. The normalized spacial score (nSPS) is 19.1. The standard InChI is InChI=1S/C26H24F2N4O2/c1-16-3-2-4-20(11-16)29-24(33)15-32-26(34)22-14-31(13-17-5-7-18(27)8-6-17)23-10-9-19(28)12-21(23)25(22)30-32/h2-12,22,25,30H,13-15H2,1H3,(H,29,33). The summed E-state index contributed by atoms with van der Waals surface area (Å²) in [7, 11) is 0. The lowest BCUT2D eigenvalue weighted by Crippen LogP contribution is -2.41. The highest BCUT2D eigenvalue weighted by Crippen LogP contribution is 2.42. The van der Waals surface area contributed by atoms with Gasteiger partial charge in [-0.1, -0.05) is 24.3 Å². The van der Waals surface area contributed by atoms with Gasteiger partial charge in [0, 0.05) is 24.5 Å². The second kappa shape index (κ2) is 8.87. The number of hydrogen-bond acceptors (Lipinski definition) is 4. The van der Waals surface area contributed by atoms with Crippen LogP contribution in [0, 0.1) is 24.5 Å². The molecule has 1 fully saturated rings. The van der Waals surface area contributed by atoms with Crippen LogP contribution in [0.15, 0.2) is 66.7 Å². The number of nitrogens with one attached hydrogen (secondary N) is 2. The molecular weight excluding hydrogens is 438 g/mol. The molecule has 2 aliphatic heterocycles. The molecule has 3 aromatic rings. The molecule has 0 bridgehead atoms. The number of hydrogen-bond donors (Lipinski definition) is 2. The third kappa shape index (κ3) is 4.36. The highest BCUT2D eigenvalue weighted by molar-refractivity contribution is 5.95. The van der Waals surface area contributed by atoms with Gasteiger partial charge in [0.1, 0.15) is 18.2 Å². The molecule has 1 saturated heterocycles. The van der Waals surface area contributed by atoms with E-state index in [9.17, 15) is 18.4 Å². The predicted octanol–water partition coefficient (Wildman–Crippen LogP) is 3.94. The molecule has 6 nitrogen and oxygen atoms in total. The zero-order valence-corrected chi connectivity index (χ0v) is 18.6. The molecule has 2 amide bonds. The van der Waals surface area contributed by atoms with Crippen molar-refractivity contribution >= 4 is 23.2 Å². The molecule has 0 spiro atoms. The van der Waals surface area contributed by atoms with Crippen molar-refractivity contribution in [3.63, 3.8) is 0 Å². The Labute approximate surface area is 196 Å². The molecule has 2 aliphatic rings.